The molecule has 104 valence electrons. The second-order valence-electron chi connectivity index (χ2n) is 4.52. The number of thiazole rings is 1. The molecule has 0 aromatic carbocycles. The van der Waals surface area contributed by atoms with Crippen LogP contribution in [0.2, 0.25) is 0 Å². The highest BCUT2D eigenvalue weighted by Crippen LogP contribution is 2.11. The molecule has 2 rings (SSSR count). The van der Waals surface area contributed by atoms with Crippen LogP contribution in [0.5, 0.6) is 0 Å². The zero-order chi connectivity index (χ0) is 13.7. The Labute approximate surface area is 115 Å². The first-order chi connectivity index (χ1) is 9.16. The van der Waals surface area contributed by atoms with Crippen molar-refractivity contribution in [3.05, 3.63) is 16.1 Å². The van der Waals surface area contributed by atoms with Crippen molar-refractivity contribution in [1.82, 2.24) is 15.6 Å². The second kappa shape index (κ2) is 6.63. The topological polar surface area (TPSA) is 91.3 Å². The van der Waals surface area contributed by atoms with Gasteiger partial charge in [-0.2, -0.15) is 0 Å². The van der Waals surface area contributed by atoms with E-state index in [1.165, 1.54) is 16.7 Å². The van der Waals surface area contributed by atoms with E-state index in [1.807, 2.05) is 0 Å². The standard InChI is InChI=1S/C12H17N3O3S/c16-11(8-2-1-4-13-6-8)14-5-3-10-15-9(7-19-10)12(17)18/h7-8,13H,1-6H2,(H,14,16)(H,17,18). The van der Waals surface area contributed by atoms with Crippen LogP contribution in [0.1, 0.15) is 28.3 Å². The number of hydrogen-bond donors (Lipinski definition) is 3. The van der Waals surface area contributed by atoms with Crippen LogP contribution < -0.4 is 10.6 Å². The SMILES string of the molecule is O=C(O)c1csc(CCNC(=O)C2CCCNC2)n1. The molecule has 1 atom stereocenters. The fourth-order valence-corrected chi connectivity index (χ4v) is 2.81. The van der Waals surface area contributed by atoms with Gasteiger partial charge in [0, 0.05) is 24.9 Å². The van der Waals surface area contributed by atoms with Crippen molar-refractivity contribution in [3.63, 3.8) is 0 Å². The lowest BCUT2D eigenvalue weighted by Crippen LogP contribution is -2.41. The van der Waals surface area contributed by atoms with Crippen LogP contribution in [0.25, 0.3) is 0 Å². The fraction of sp³-hybridized carbons (Fsp3) is 0.583. The molecule has 1 aliphatic heterocycles. The van der Waals surface area contributed by atoms with Gasteiger partial charge in [-0.15, -0.1) is 11.3 Å². The van der Waals surface area contributed by atoms with Crippen LogP contribution in [0.3, 0.4) is 0 Å². The Morgan fingerprint density at radius 1 is 1.58 bits per heavy atom. The number of piperidine rings is 1. The van der Waals surface area contributed by atoms with Crippen molar-refractivity contribution in [2.24, 2.45) is 5.92 Å². The first-order valence-corrected chi connectivity index (χ1v) is 7.21. The van der Waals surface area contributed by atoms with Gasteiger partial charge in [-0.05, 0) is 19.4 Å². The van der Waals surface area contributed by atoms with Gasteiger partial charge in [0.2, 0.25) is 5.91 Å². The molecule has 19 heavy (non-hydrogen) atoms. The molecule has 6 nitrogen and oxygen atoms in total. The Kier molecular flexibility index (Phi) is 4.86. The smallest absolute Gasteiger partial charge is 0.355 e. The largest absolute Gasteiger partial charge is 0.476 e. The van der Waals surface area contributed by atoms with Crippen molar-refractivity contribution in [2.45, 2.75) is 19.3 Å². The highest BCUT2D eigenvalue weighted by atomic mass is 32.1. The number of amides is 1. The summed E-state index contributed by atoms with van der Waals surface area (Å²) in [6.07, 6.45) is 2.54. The highest BCUT2D eigenvalue weighted by molar-refractivity contribution is 7.09. The lowest BCUT2D eigenvalue weighted by atomic mass is 9.99. The number of hydrogen-bond acceptors (Lipinski definition) is 5. The second-order valence-corrected chi connectivity index (χ2v) is 5.46. The maximum Gasteiger partial charge on any atom is 0.355 e. The van der Waals surface area contributed by atoms with Crippen LogP contribution in [-0.4, -0.2) is 41.6 Å². The molecule has 1 fully saturated rings. The van der Waals surface area contributed by atoms with Gasteiger partial charge < -0.3 is 15.7 Å². The first-order valence-electron chi connectivity index (χ1n) is 6.33. The van der Waals surface area contributed by atoms with Gasteiger partial charge >= 0.3 is 5.97 Å². The summed E-state index contributed by atoms with van der Waals surface area (Å²) in [4.78, 5) is 26.5. The number of rotatable bonds is 5. The molecule has 0 spiro atoms. The quantitative estimate of drug-likeness (QED) is 0.732. The highest BCUT2D eigenvalue weighted by Gasteiger charge is 2.20. The summed E-state index contributed by atoms with van der Waals surface area (Å²) in [5.41, 5.74) is 0.0720. The summed E-state index contributed by atoms with van der Waals surface area (Å²) >= 11 is 1.31. The van der Waals surface area contributed by atoms with Crippen LogP contribution in [0.4, 0.5) is 0 Å². The predicted octanol–water partition coefficient (Wildman–Crippen LogP) is 0.500. The minimum Gasteiger partial charge on any atom is -0.476 e. The molecule has 1 aromatic rings. The Hall–Kier alpha value is -1.47. The number of carbonyl (C=O) groups is 2. The summed E-state index contributed by atoms with van der Waals surface area (Å²) in [5.74, 6) is -0.887. The monoisotopic (exact) mass is 283 g/mol. The van der Waals surface area contributed by atoms with Crippen LogP contribution in [0.15, 0.2) is 5.38 Å². The molecular formula is C12H17N3O3S. The summed E-state index contributed by atoms with van der Waals surface area (Å²) < 4.78 is 0. The molecule has 3 N–H and O–H groups in total. The number of aromatic nitrogens is 1. The summed E-state index contributed by atoms with van der Waals surface area (Å²) in [6, 6.07) is 0. The van der Waals surface area contributed by atoms with Gasteiger partial charge in [0.05, 0.1) is 10.9 Å². The number of carboxylic acids is 1. The van der Waals surface area contributed by atoms with E-state index in [2.05, 4.69) is 15.6 Å². The van der Waals surface area contributed by atoms with Crippen LogP contribution in [-0.2, 0) is 11.2 Å². The molecule has 1 unspecified atom stereocenters. The van der Waals surface area contributed by atoms with E-state index in [0.717, 1.165) is 30.9 Å². The zero-order valence-electron chi connectivity index (χ0n) is 10.5. The van der Waals surface area contributed by atoms with Crippen molar-refractivity contribution in [1.29, 1.82) is 0 Å². The van der Waals surface area contributed by atoms with Crippen molar-refractivity contribution in [3.8, 4) is 0 Å². The van der Waals surface area contributed by atoms with Gasteiger partial charge in [-0.25, -0.2) is 9.78 Å². The first kappa shape index (κ1) is 14.0. The minimum atomic E-state index is -1.01. The van der Waals surface area contributed by atoms with E-state index in [9.17, 15) is 9.59 Å². The van der Waals surface area contributed by atoms with Gasteiger partial charge in [-0.1, -0.05) is 0 Å². The van der Waals surface area contributed by atoms with Gasteiger partial charge in [0.25, 0.3) is 0 Å². The normalized spacial score (nSPS) is 19.1. The number of carboxylic acid groups (broad SMARTS) is 1. The minimum absolute atomic E-state index is 0.0552. The molecule has 7 heteroatoms. The molecular weight excluding hydrogens is 266 g/mol. The summed E-state index contributed by atoms with van der Waals surface area (Å²) in [7, 11) is 0. The fourth-order valence-electron chi connectivity index (χ4n) is 2.04. The number of carbonyl (C=O) groups excluding carboxylic acids is 1. The number of nitrogens with one attached hydrogen (secondary N) is 2. The van der Waals surface area contributed by atoms with E-state index in [4.69, 9.17) is 5.11 Å². The average molecular weight is 283 g/mol. The summed E-state index contributed by atoms with van der Waals surface area (Å²) in [5, 5.41) is 17.1. The maximum absolute atomic E-state index is 11.8. The maximum atomic E-state index is 11.8. The predicted molar refractivity (Wildman–Crippen MR) is 71.4 cm³/mol. The molecule has 1 saturated heterocycles. The molecule has 1 aliphatic rings. The third-order valence-electron chi connectivity index (χ3n) is 3.08. The van der Waals surface area contributed by atoms with Gasteiger partial charge in [-0.3, -0.25) is 4.79 Å². The molecule has 1 amide bonds. The third kappa shape index (κ3) is 4.00. The Balaban J connectivity index is 1.73. The molecule has 1 aromatic heterocycles. The number of aromatic carboxylic acids is 1. The van der Waals surface area contributed by atoms with E-state index in [1.54, 1.807) is 0 Å². The van der Waals surface area contributed by atoms with E-state index >= 15 is 0 Å². The van der Waals surface area contributed by atoms with Gasteiger partial charge in [0.1, 0.15) is 0 Å². The van der Waals surface area contributed by atoms with Crippen molar-refractivity contribution in [2.75, 3.05) is 19.6 Å². The van der Waals surface area contributed by atoms with E-state index in [0.29, 0.717) is 13.0 Å². The molecule has 2 heterocycles. The van der Waals surface area contributed by atoms with E-state index in [-0.39, 0.29) is 17.5 Å². The molecule has 0 saturated carbocycles. The Morgan fingerprint density at radius 3 is 3.05 bits per heavy atom. The van der Waals surface area contributed by atoms with E-state index < -0.39 is 5.97 Å². The third-order valence-corrected chi connectivity index (χ3v) is 3.99. The molecule has 0 radical (unpaired) electrons. The van der Waals surface area contributed by atoms with Crippen molar-refractivity contribution < 1.29 is 14.7 Å². The van der Waals surface area contributed by atoms with Gasteiger partial charge in [0.15, 0.2) is 5.69 Å². The zero-order valence-corrected chi connectivity index (χ0v) is 11.3. The molecule has 0 bridgehead atoms. The lowest BCUT2D eigenvalue weighted by molar-refractivity contribution is -0.125. The average Bonchev–Trinajstić information content (AvgIpc) is 2.89. The summed E-state index contributed by atoms with van der Waals surface area (Å²) in [6.45, 7) is 2.23. The van der Waals surface area contributed by atoms with Crippen molar-refractivity contribution >= 4 is 23.2 Å². The Morgan fingerprint density at radius 2 is 2.42 bits per heavy atom. The Bertz CT molecular complexity index is 455. The van der Waals surface area contributed by atoms with Crippen LogP contribution in [0, 0.1) is 5.92 Å². The lowest BCUT2D eigenvalue weighted by Gasteiger charge is -2.21. The van der Waals surface area contributed by atoms with Crippen LogP contribution >= 0.6 is 11.3 Å². The molecule has 0 aliphatic carbocycles. The number of nitrogens with zero attached hydrogens (tertiary/aromatic N) is 1.